The van der Waals surface area contributed by atoms with Gasteiger partial charge < -0.3 is 15.4 Å². The van der Waals surface area contributed by atoms with E-state index in [4.69, 9.17) is 10.5 Å². The molecule has 124 valence electrons. The number of halogens is 1. The van der Waals surface area contributed by atoms with Crippen LogP contribution in [0.5, 0.6) is 0 Å². The molecule has 4 nitrogen and oxygen atoms in total. The molecule has 0 heterocycles. The molecule has 0 saturated heterocycles. The van der Waals surface area contributed by atoms with E-state index < -0.39 is 0 Å². The lowest BCUT2D eigenvalue weighted by molar-refractivity contribution is 0.0600. The van der Waals surface area contributed by atoms with Gasteiger partial charge in [-0.1, -0.05) is 48.7 Å². The van der Waals surface area contributed by atoms with Gasteiger partial charge in [0, 0.05) is 18.8 Å². The first-order valence-corrected chi connectivity index (χ1v) is 8.94. The van der Waals surface area contributed by atoms with Crippen LogP contribution >= 0.6 is 15.9 Å². The molecule has 0 amide bonds. The third kappa shape index (κ3) is 4.99. The number of nitrogens with two attached hydrogens (primary N) is 1. The number of anilines is 1. The Kier molecular flexibility index (Phi) is 8.49. The van der Waals surface area contributed by atoms with Crippen LogP contribution in [0, 0.1) is 0 Å². The largest absolute Gasteiger partial charge is 0.465 e. The lowest BCUT2D eigenvalue weighted by atomic mass is 9.92. The molecule has 0 radical (unpaired) electrons. The van der Waals surface area contributed by atoms with Gasteiger partial charge in [-0.3, -0.25) is 0 Å². The minimum atomic E-state index is -0.309. The van der Waals surface area contributed by atoms with Gasteiger partial charge in [-0.05, 0) is 30.0 Å². The Morgan fingerprint density at radius 3 is 2.73 bits per heavy atom. The molecule has 2 N–H and O–H groups in total. The number of unbranched alkanes of at least 4 members (excludes halogenated alkanes) is 1. The lowest BCUT2D eigenvalue weighted by Crippen LogP contribution is -2.29. The summed E-state index contributed by atoms with van der Waals surface area (Å²) in [5, 5.41) is 0. The predicted octanol–water partition coefficient (Wildman–Crippen LogP) is 3.88. The van der Waals surface area contributed by atoms with Crippen molar-refractivity contribution >= 4 is 27.6 Å². The van der Waals surface area contributed by atoms with E-state index in [1.807, 2.05) is 18.2 Å². The van der Waals surface area contributed by atoms with Gasteiger partial charge >= 0.3 is 5.97 Å². The average molecular weight is 371 g/mol. The zero-order chi connectivity index (χ0) is 16.5. The second kappa shape index (κ2) is 9.85. The van der Waals surface area contributed by atoms with E-state index in [2.05, 4.69) is 34.7 Å². The number of hydrogen-bond acceptors (Lipinski definition) is 4. The van der Waals surface area contributed by atoms with Gasteiger partial charge in [0.05, 0.1) is 18.1 Å². The van der Waals surface area contributed by atoms with E-state index in [1.54, 1.807) is 0 Å². The smallest absolute Gasteiger partial charge is 0.337 e. The molecule has 5 heteroatoms. The van der Waals surface area contributed by atoms with Crippen LogP contribution < -0.4 is 10.6 Å². The summed E-state index contributed by atoms with van der Waals surface area (Å²) < 4.78 is 4.84. The van der Waals surface area contributed by atoms with Gasteiger partial charge in [0.15, 0.2) is 0 Å². The van der Waals surface area contributed by atoms with E-state index in [9.17, 15) is 4.79 Å². The normalized spacial score (nSPS) is 12.0. The number of carbonyl (C=O) groups excluding carboxylic acids is 1. The summed E-state index contributed by atoms with van der Waals surface area (Å²) in [4.78, 5) is 14.0. The number of benzene rings is 1. The molecule has 0 fully saturated rings. The highest BCUT2D eigenvalue weighted by Gasteiger charge is 2.18. The van der Waals surface area contributed by atoms with Gasteiger partial charge in [-0.25, -0.2) is 4.79 Å². The van der Waals surface area contributed by atoms with Crippen LogP contribution in [-0.2, 0) is 4.74 Å². The van der Waals surface area contributed by atoms with E-state index in [1.165, 1.54) is 25.5 Å². The van der Waals surface area contributed by atoms with Crippen LogP contribution in [0.1, 0.15) is 54.9 Å². The summed E-state index contributed by atoms with van der Waals surface area (Å²) in [5.41, 5.74) is 9.30. The molecule has 22 heavy (non-hydrogen) atoms. The Bertz CT molecular complexity index is 480. The van der Waals surface area contributed by atoms with Crippen molar-refractivity contribution in [1.82, 2.24) is 0 Å². The summed E-state index contributed by atoms with van der Waals surface area (Å²) in [7, 11) is 1.40. The summed E-state index contributed by atoms with van der Waals surface area (Å²) in [6.45, 7) is 5.74. The quantitative estimate of drug-likeness (QED) is 0.407. The first-order chi connectivity index (χ1) is 10.6. The van der Waals surface area contributed by atoms with Gasteiger partial charge in [-0.2, -0.15) is 0 Å². The fourth-order valence-electron chi connectivity index (χ4n) is 2.55. The third-order valence-corrected chi connectivity index (χ3v) is 4.46. The fraction of sp³-hybridized carbons (Fsp3) is 0.588. The molecule has 1 atom stereocenters. The molecule has 0 aliphatic carbocycles. The number of carbonyl (C=O) groups is 1. The Hall–Kier alpha value is -1.07. The summed E-state index contributed by atoms with van der Waals surface area (Å²) >= 11 is 3.52. The number of ether oxygens (including phenoxy) is 1. The second-order valence-electron chi connectivity index (χ2n) is 5.48. The van der Waals surface area contributed by atoms with Crippen molar-refractivity contribution in [3.8, 4) is 0 Å². The monoisotopic (exact) mass is 370 g/mol. The zero-order valence-corrected chi connectivity index (χ0v) is 15.4. The molecule has 1 unspecified atom stereocenters. The van der Waals surface area contributed by atoms with Crippen LogP contribution in [0.2, 0.25) is 0 Å². The SMILES string of the molecule is CCCCC(C)c1ccc(C(=O)OC)cc1N(CBr)CCN. The predicted molar refractivity (Wildman–Crippen MR) is 95.9 cm³/mol. The van der Waals surface area contributed by atoms with E-state index in [-0.39, 0.29) is 5.97 Å². The average Bonchev–Trinajstić information content (AvgIpc) is 2.56. The Balaban J connectivity index is 3.20. The number of esters is 1. The molecule has 0 aromatic heterocycles. The maximum absolute atomic E-state index is 11.8. The van der Waals surface area contributed by atoms with Crippen LogP contribution in [0.4, 0.5) is 5.69 Å². The van der Waals surface area contributed by atoms with Crippen molar-refractivity contribution in [2.45, 2.75) is 39.0 Å². The van der Waals surface area contributed by atoms with E-state index >= 15 is 0 Å². The topological polar surface area (TPSA) is 55.6 Å². The Morgan fingerprint density at radius 1 is 1.45 bits per heavy atom. The van der Waals surface area contributed by atoms with Gasteiger partial charge in [0.1, 0.15) is 0 Å². The molecule has 0 saturated carbocycles. The first kappa shape index (κ1) is 19.0. The fourth-order valence-corrected chi connectivity index (χ4v) is 3.07. The Morgan fingerprint density at radius 2 is 2.18 bits per heavy atom. The first-order valence-electron chi connectivity index (χ1n) is 7.82. The minimum absolute atomic E-state index is 0.309. The number of nitrogens with zero attached hydrogens (tertiary/aromatic N) is 1. The number of hydrogen-bond donors (Lipinski definition) is 1. The van der Waals surface area contributed by atoms with Crippen molar-refractivity contribution in [3.05, 3.63) is 29.3 Å². The van der Waals surface area contributed by atoms with Gasteiger partial charge in [-0.15, -0.1) is 0 Å². The summed E-state index contributed by atoms with van der Waals surface area (Å²) in [5.74, 6) is 0.136. The number of alkyl halides is 1. The maximum atomic E-state index is 11.8. The molecule has 1 aromatic carbocycles. The third-order valence-electron chi connectivity index (χ3n) is 3.86. The van der Waals surface area contributed by atoms with Gasteiger partial charge in [0.2, 0.25) is 0 Å². The minimum Gasteiger partial charge on any atom is -0.465 e. The second-order valence-corrected chi connectivity index (χ2v) is 5.98. The molecule has 0 bridgehead atoms. The molecule has 0 aliphatic heterocycles. The van der Waals surface area contributed by atoms with E-state index in [0.717, 1.165) is 18.7 Å². The highest BCUT2D eigenvalue weighted by molar-refractivity contribution is 9.09. The van der Waals surface area contributed by atoms with Crippen molar-refractivity contribution < 1.29 is 9.53 Å². The standard InChI is InChI=1S/C17H27BrN2O2/c1-4-5-6-13(2)15-8-7-14(17(21)22-3)11-16(15)20(12-18)10-9-19/h7-8,11,13H,4-6,9-10,12,19H2,1-3H3. The van der Waals surface area contributed by atoms with Crippen molar-refractivity contribution in [1.29, 1.82) is 0 Å². The lowest BCUT2D eigenvalue weighted by Gasteiger charge is -2.27. The van der Waals surface area contributed by atoms with Crippen LogP contribution in [0.15, 0.2) is 18.2 Å². The van der Waals surface area contributed by atoms with Crippen molar-refractivity contribution in [2.75, 3.05) is 30.6 Å². The molecule has 1 rings (SSSR count). The molecular formula is C17H27BrN2O2. The van der Waals surface area contributed by atoms with Crippen molar-refractivity contribution in [3.63, 3.8) is 0 Å². The zero-order valence-electron chi connectivity index (χ0n) is 13.8. The molecular weight excluding hydrogens is 344 g/mol. The number of methoxy groups -OCH3 is 1. The van der Waals surface area contributed by atoms with Crippen LogP contribution in [0.25, 0.3) is 0 Å². The Labute approximate surface area is 142 Å². The number of rotatable bonds is 9. The summed E-state index contributed by atoms with van der Waals surface area (Å²) in [6, 6.07) is 5.82. The molecule has 0 aliphatic rings. The highest BCUT2D eigenvalue weighted by atomic mass is 79.9. The van der Waals surface area contributed by atoms with Gasteiger partial charge in [0.25, 0.3) is 0 Å². The molecule has 0 spiro atoms. The summed E-state index contributed by atoms with van der Waals surface area (Å²) in [6.07, 6.45) is 3.52. The molecule has 1 aromatic rings. The van der Waals surface area contributed by atoms with Crippen molar-refractivity contribution in [2.24, 2.45) is 5.73 Å². The maximum Gasteiger partial charge on any atom is 0.337 e. The van der Waals surface area contributed by atoms with Crippen LogP contribution in [-0.4, -0.2) is 31.6 Å². The van der Waals surface area contributed by atoms with Crippen LogP contribution in [0.3, 0.4) is 0 Å². The highest BCUT2D eigenvalue weighted by Crippen LogP contribution is 2.32. The van der Waals surface area contributed by atoms with E-state index in [0.29, 0.717) is 23.5 Å².